The number of benzene rings is 17. The lowest BCUT2D eigenvalue weighted by Crippen LogP contribution is -2.00. The second-order valence-corrected chi connectivity index (χ2v) is 30.2. The molecular weight excluding hydrogens is 1380 g/mol. The monoisotopic (exact) mass is 1440 g/mol. The van der Waals surface area contributed by atoms with Crippen LogP contribution in [-0.2, 0) is 0 Å². The van der Waals surface area contributed by atoms with E-state index < -0.39 is 0 Å². The zero-order valence-corrected chi connectivity index (χ0v) is 60.7. The fourth-order valence-corrected chi connectivity index (χ4v) is 18.9. The average Bonchev–Trinajstić information content (AvgIpc) is 1.56. The van der Waals surface area contributed by atoms with Gasteiger partial charge in [-0.05, 0) is 110 Å². The smallest absolute Gasteiger partial charge is 0.164 e. The van der Waals surface area contributed by atoms with E-state index in [0.717, 1.165) is 44.2 Å². The van der Waals surface area contributed by atoms with E-state index in [-0.39, 0.29) is 0 Å². The molecule has 0 spiro atoms. The maximum absolute atomic E-state index is 5.16. The Labute approximate surface area is 639 Å². The first-order chi connectivity index (χ1) is 54.5. The summed E-state index contributed by atoms with van der Waals surface area (Å²) in [6.45, 7) is 0. The van der Waals surface area contributed by atoms with Crippen molar-refractivity contribution in [1.82, 2.24) is 39.0 Å². The highest BCUT2D eigenvalue weighted by atomic mass is 32.1. The number of fused-ring (bicyclic) bond motifs is 18. The average molecular weight is 1440 g/mol. The van der Waals surface area contributed by atoms with Crippen molar-refractivity contribution in [3.8, 4) is 90.8 Å². The predicted octanol–water partition coefficient (Wildman–Crippen LogP) is 27.0. The molecule has 0 aliphatic rings. The molecule has 0 fully saturated rings. The molecule has 23 aromatic rings. The quantitative estimate of drug-likeness (QED) is 0.143. The van der Waals surface area contributed by atoms with Crippen LogP contribution in [0.15, 0.2) is 364 Å². The van der Waals surface area contributed by atoms with Crippen LogP contribution < -0.4 is 0 Å². The minimum atomic E-state index is 0.654. The van der Waals surface area contributed by atoms with Gasteiger partial charge in [0.05, 0.1) is 33.4 Å². The second-order valence-electron chi connectivity index (χ2n) is 28.0. The molecule has 8 nitrogen and oxygen atoms in total. The molecule has 23 rings (SSSR count). The summed E-state index contributed by atoms with van der Waals surface area (Å²) in [5.74, 6) is 3.95. The van der Waals surface area contributed by atoms with Crippen LogP contribution in [0.3, 0.4) is 0 Å². The van der Waals surface area contributed by atoms with Gasteiger partial charge in [-0.1, -0.05) is 297 Å². The largest absolute Gasteiger partial charge is 0.309 e. The van der Waals surface area contributed by atoms with Gasteiger partial charge in [0.25, 0.3) is 0 Å². The summed E-state index contributed by atoms with van der Waals surface area (Å²) in [6.07, 6.45) is 0. The maximum atomic E-state index is 5.16. The van der Waals surface area contributed by atoms with Crippen LogP contribution in [0.4, 0.5) is 0 Å². The third kappa shape index (κ3) is 10.6. The molecule has 0 amide bonds. The Hall–Kier alpha value is -14.2. The SMILES string of the molecule is c1ccc(-c2ccc3c(c2)c2ccccc2n3-c2cc3sc4cc(-c5nc(-c6ccccc6)nc(-c6ccccc6)n5)ccc4c3c3ccccc23)cc1.c1ccc2cc(-c3nc(-c4ccc5ccccc5c4)nc(-c4ccc5c(c4)sc4cc(-n6c7ccccc7c7ccccc76)c6ccccc6c45)n3)ccc2c1. The molecule has 0 radical (unpaired) electrons. The second kappa shape index (κ2) is 25.8. The number of hydrogen-bond acceptors (Lipinski definition) is 8. The van der Waals surface area contributed by atoms with Crippen molar-refractivity contribution in [2.75, 3.05) is 0 Å². The maximum Gasteiger partial charge on any atom is 0.164 e. The van der Waals surface area contributed by atoms with Gasteiger partial charge in [0, 0.05) is 106 Å². The minimum absolute atomic E-state index is 0.654. The Bertz CT molecular complexity index is 7460. The van der Waals surface area contributed by atoms with E-state index in [2.05, 4.69) is 312 Å². The van der Waals surface area contributed by atoms with Crippen LogP contribution in [0.2, 0.25) is 0 Å². The number of nitrogens with zero attached hydrogens (tertiary/aromatic N) is 8. The summed E-state index contributed by atoms with van der Waals surface area (Å²) < 4.78 is 9.78. The van der Waals surface area contributed by atoms with Crippen molar-refractivity contribution >= 4 is 150 Å². The Morgan fingerprint density at radius 3 is 0.909 bits per heavy atom. The Balaban J connectivity index is 0.000000136. The predicted molar refractivity (Wildman–Crippen MR) is 462 cm³/mol. The summed E-state index contributed by atoms with van der Waals surface area (Å²) in [5.41, 5.74) is 15.4. The summed E-state index contributed by atoms with van der Waals surface area (Å²) in [5, 5.41) is 19.7. The third-order valence-corrected chi connectivity index (χ3v) is 23.8. The zero-order valence-electron chi connectivity index (χ0n) is 59.0. The molecule has 512 valence electrons. The van der Waals surface area contributed by atoms with Crippen molar-refractivity contribution in [1.29, 1.82) is 0 Å². The molecule has 6 aromatic heterocycles. The van der Waals surface area contributed by atoms with E-state index >= 15 is 0 Å². The van der Waals surface area contributed by atoms with E-state index in [1.54, 1.807) is 0 Å². The lowest BCUT2D eigenvalue weighted by atomic mass is 10.0. The van der Waals surface area contributed by atoms with Gasteiger partial charge < -0.3 is 9.13 Å². The van der Waals surface area contributed by atoms with Crippen LogP contribution in [0.25, 0.3) is 218 Å². The molecule has 0 bridgehead atoms. The van der Waals surface area contributed by atoms with Crippen molar-refractivity contribution in [2.45, 2.75) is 0 Å². The van der Waals surface area contributed by atoms with Gasteiger partial charge in [0.1, 0.15) is 0 Å². The van der Waals surface area contributed by atoms with Crippen molar-refractivity contribution in [2.24, 2.45) is 0 Å². The van der Waals surface area contributed by atoms with Gasteiger partial charge in [0.15, 0.2) is 34.9 Å². The molecule has 0 saturated carbocycles. The lowest BCUT2D eigenvalue weighted by Gasteiger charge is -2.13. The molecule has 0 atom stereocenters. The highest BCUT2D eigenvalue weighted by molar-refractivity contribution is 7.26. The first-order valence-electron chi connectivity index (χ1n) is 37.0. The van der Waals surface area contributed by atoms with Gasteiger partial charge in [0.2, 0.25) is 0 Å². The van der Waals surface area contributed by atoms with E-state index in [1.807, 2.05) is 83.3 Å². The third-order valence-electron chi connectivity index (χ3n) is 21.6. The Morgan fingerprint density at radius 1 is 0.173 bits per heavy atom. The van der Waals surface area contributed by atoms with Gasteiger partial charge in [-0.25, -0.2) is 29.9 Å². The number of rotatable bonds is 9. The molecule has 6 heterocycles. The van der Waals surface area contributed by atoms with Crippen LogP contribution >= 0.6 is 22.7 Å². The standard InChI is InChI=1S/C51H30N4S.C49H30N4S/c1-3-13-33-27-35(23-21-31(33)11-1)49-52-50(36-24-22-32-12-2-4-14-34(32)28-36)54-51(53-49)37-25-26-42-46(29-37)56-47-30-45(40-17-5-6-18-41(40)48(42)47)55-43-19-9-7-15-38(43)39-16-8-10-20-44(39)55;1-4-14-31(15-5-1)34-25-27-42-40(28-34)37-21-12-13-23-41(37)53(42)43-30-45-46(38-22-11-10-20-36(38)43)39-26-24-35(29-44(39)54-45)49-51-47(32-16-6-2-7-17-32)50-48(52-49)33-18-8-3-9-19-33/h1-30H;1-30H. The molecule has 110 heavy (non-hydrogen) atoms. The molecule has 17 aromatic carbocycles. The van der Waals surface area contributed by atoms with E-state index in [1.165, 1.54) is 139 Å². The fraction of sp³-hybridized carbons (Fsp3) is 0. The first-order valence-corrected chi connectivity index (χ1v) is 38.6. The zero-order chi connectivity index (χ0) is 72.3. The highest BCUT2D eigenvalue weighted by Gasteiger charge is 2.23. The summed E-state index contributed by atoms with van der Waals surface area (Å²) in [7, 11) is 0. The van der Waals surface area contributed by atoms with E-state index in [0.29, 0.717) is 34.9 Å². The highest BCUT2D eigenvalue weighted by Crippen LogP contribution is 2.47. The van der Waals surface area contributed by atoms with Crippen LogP contribution in [0.5, 0.6) is 0 Å². The molecule has 0 N–H and O–H groups in total. The molecular formula is C100H60N8S2. The Kier molecular flexibility index (Phi) is 14.8. The molecule has 0 aliphatic carbocycles. The van der Waals surface area contributed by atoms with Crippen molar-refractivity contribution in [3.05, 3.63) is 364 Å². The van der Waals surface area contributed by atoms with Crippen molar-refractivity contribution < 1.29 is 0 Å². The summed E-state index contributed by atoms with van der Waals surface area (Å²) >= 11 is 3.65. The summed E-state index contributed by atoms with van der Waals surface area (Å²) in [4.78, 5) is 30.4. The number of aromatic nitrogens is 8. The Morgan fingerprint density at radius 2 is 0.482 bits per heavy atom. The van der Waals surface area contributed by atoms with Gasteiger partial charge in [-0.3, -0.25) is 0 Å². The molecule has 0 aliphatic heterocycles. The van der Waals surface area contributed by atoms with E-state index in [9.17, 15) is 0 Å². The molecule has 0 saturated heterocycles. The molecule has 10 heteroatoms. The van der Waals surface area contributed by atoms with E-state index in [4.69, 9.17) is 29.9 Å². The molecule has 0 unspecified atom stereocenters. The topological polar surface area (TPSA) is 87.2 Å². The first kappa shape index (κ1) is 63.1. The normalized spacial score (nSPS) is 11.8. The van der Waals surface area contributed by atoms with Crippen LogP contribution in [0.1, 0.15) is 0 Å². The van der Waals surface area contributed by atoms with Crippen LogP contribution in [-0.4, -0.2) is 39.0 Å². The summed E-state index contributed by atoms with van der Waals surface area (Å²) in [6, 6.07) is 130. The number of hydrogen-bond donors (Lipinski definition) is 0. The fourth-order valence-electron chi connectivity index (χ4n) is 16.5. The van der Waals surface area contributed by atoms with Gasteiger partial charge in [-0.15, -0.1) is 22.7 Å². The number of thiophene rings is 2. The van der Waals surface area contributed by atoms with Crippen molar-refractivity contribution in [3.63, 3.8) is 0 Å². The van der Waals surface area contributed by atoms with Gasteiger partial charge >= 0.3 is 0 Å². The number of para-hydroxylation sites is 3. The minimum Gasteiger partial charge on any atom is -0.309 e. The van der Waals surface area contributed by atoms with Crippen LogP contribution in [0, 0.1) is 0 Å². The lowest BCUT2D eigenvalue weighted by molar-refractivity contribution is 1.07. The van der Waals surface area contributed by atoms with Gasteiger partial charge in [-0.2, -0.15) is 0 Å².